The van der Waals surface area contributed by atoms with Gasteiger partial charge in [-0.05, 0) is 19.8 Å². The Morgan fingerprint density at radius 2 is 2.05 bits per heavy atom. The zero-order valence-electron chi connectivity index (χ0n) is 13.6. The predicted molar refractivity (Wildman–Crippen MR) is 90.4 cm³/mol. The Morgan fingerprint density at radius 1 is 1.36 bits per heavy atom. The molecule has 1 saturated carbocycles. The molecule has 0 bridgehead atoms. The summed E-state index contributed by atoms with van der Waals surface area (Å²) in [6.45, 7) is 5.03. The third-order valence-corrected chi connectivity index (χ3v) is 6.22. The van der Waals surface area contributed by atoms with Gasteiger partial charge < -0.3 is 5.32 Å². The number of carbonyl (C=O) groups is 1. The Bertz CT molecular complexity index is 530. The van der Waals surface area contributed by atoms with Gasteiger partial charge in [0.05, 0.1) is 11.8 Å². The topological polar surface area (TPSA) is 50.2 Å². The van der Waals surface area contributed by atoms with Crippen LogP contribution >= 0.6 is 11.8 Å². The summed E-state index contributed by atoms with van der Waals surface area (Å²) in [5.41, 5.74) is 1.81. The lowest BCUT2D eigenvalue weighted by molar-refractivity contribution is 0.0817. The van der Waals surface area contributed by atoms with Crippen LogP contribution in [0.2, 0.25) is 0 Å². The second kappa shape index (κ2) is 6.62. The van der Waals surface area contributed by atoms with Crippen LogP contribution < -0.4 is 5.32 Å². The normalized spacial score (nSPS) is 21.9. The van der Waals surface area contributed by atoms with Crippen molar-refractivity contribution in [1.82, 2.24) is 20.0 Å². The molecule has 0 spiro atoms. The van der Waals surface area contributed by atoms with Crippen LogP contribution in [0.25, 0.3) is 0 Å². The van der Waals surface area contributed by atoms with Gasteiger partial charge in [-0.25, -0.2) is 0 Å². The number of amides is 1. The molecule has 0 unspecified atom stereocenters. The molecule has 2 heterocycles. The Balaban J connectivity index is 1.67. The third kappa shape index (κ3) is 3.04. The van der Waals surface area contributed by atoms with Gasteiger partial charge in [0.15, 0.2) is 0 Å². The molecule has 1 aliphatic carbocycles. The highest BCUT2D eigenvalue weighted by Crippen LogP contribution is 2.36. The van der Waals surface area contributed by atoms with E-state index in [4.69, 9.17) is 0 Å². The highest BCUT2D eigenvalue weighted by atomic mass is 32.2. The summed E-state index contributed by atoms with van der Waals surface area (Å²) in [6.07, 6.45) is 6.66. The number of aromatic nitrogens is 2. The molecule has 1 saturated heterocycles. The quantitative estimate of drug-likeness (QED) is 0.919. The lowest BCUT2D eigenvalue weighted by atomic mass is 9.94. The van der Waals surface area contributed by atoms with E-state index >= 15 is 0 Å². The van der Waals surface area contributed by atoms with Gasteiger partial charge in [0, 0.05) is 49.4 Å². The van der Waals surface area contributed by atoms with Crippen molar-refractivity contribution in [1.29, 1.82) is 0 Å². The minimum absolute atomic E-state index is 0.0169. The zero-order chi connectivity index (χ0) is 15.6. The molecule has 22 heavy (non-hydrogen) atoms. The van der Waals surface area contributed by atoms with Crippen LogP contribution in [0.4, 0.5) is 0 Å². The van der Waals surface area contributed by atoms with Crippen LogP contribution in [-0.2, 0) is 7.05 Å². The number of hydrogen-bond acceptors (Lipinski definition) is 4. The van der Waals surface area contributed by atoms with Crippen molar-refractivity contribution in [2.24, 2.45) is 7.05 Å². The summed E-state index contributed by atoms with van der Waals surface area (Å²) in [6, 6.07) is 0. The lowest BCUT2D eigenvalue weighted by Gasteiger charge is -2.43. The molecule has 1 N–H and O–H groups in total. The maximum Gasteiger partial charge on any atom is 0.254 e. The van der Waals surface area contributed by atoms with E-state index in [9.17, 15) is 4.79 Å². The molecule has 122 valence electrons. The summed E-state index contributed by atoms with van der Waals surface area (Å²) in [7, 11) is 1.87. The first-order valence-electron chi connectivity index (χ1n) is 8.22. The van der Waals surface area contributed by atoms with E-state index in [-0.39, 0.29) is 11.4 Å². The first-order valence-corrected chi connectivity index (χ1v) is 9.37. The molecule has 1 amide bonds. The van der Waals surface area contributed by atoms with Gasteiger partial charge in [0.2, 0.25) is 0 Å². The summed E-state index contributed by atoms with van der Waals surface area (Å²) in [5.74, 6) is 2.46. The predicted octanol–water partition coefficient (Wildman–Crippen LogP) is 1.82. The molecule has 2 aliphatic rings. The first kappa shape index (κ1) is 15.9. The van der Waals surface area contributed by atoms with Gasteiger partial charge >= 0.3 is 0 Å². The molecule has 0 atom stereocenters. The number of hydrogen-bond donors (Lipinski definition) is 1. The van der Waals surface area contributed by atoms with E-state index in [0.29, 0.717) is 5.56 Å². The van der Waals surface area contributed by atoms with E-state index in [1.165, 1.54) is 37.2 Å². The zero-order valence-corrected chi connectivity index (χ0v) is 14.4. The van der Waals surface area contributed by atoms with Gasteiger partial charge in [-0.3, -0.25) is 14.4 Å². The van der Waals surface area contributed by atoms with E-state index in [1.54, 1.807) is 10.9 Å². The molecule has 1 aromatic heterocycles. The summed E-state index contributed by atoms with van der Waals surface area (Å²) in [4.78, 5) is 15.1. The van der Waals surface area contributed by atoms with E-state index in [0.717, 1.165) is 25.3 Å². The third-order valence-electron chi connectivity index (χ3n) is 5.27. The Hall–Kier alpha value is -1.01. The molecule has 0 radical (unpaired) electrons. The largest absolute Gasteiger partial charge is 0.350 e. The molecular weight excluding hydrogens is 296 g/mol. The van der Waals surface area contributed by atoms with Crippen LogP contribution in [0, 0.1) is 6.92 Å². The fourth-order valence-corrected chi connectivity index (χ4v) is 4.64. The van der Waals surface area contributed by atoms with Crippen molar-refractivity contribution in [3.05, 3.63) is 17.5 Å². The molecule has 3 rings (SSSR count). The average Bonchev–Trinajstić information content (AvgIpc) is 3.15. The van der Waals surface area contributed by atoms with Crippen LogP contribution in [0.5, 0.6) is 0 Å². The van der Waals surface area contributed by atoms with Gasteiger partial charge in [-0.15, -0.1) is 0 Å². The SMILES string of the molecule is Cc1c(C(=O)NCC2(N3CCSCC3)CCCC2)cnn1C. The first-order chi connectivity index (χ1) is 10.6. The van der Waals surface area contributed by atoms with Gasteiger partial charge in [-0.1, -0.05) is 12.8 Å². The average molecular weight is 322 g/mol. The molecule has 1 aliphatic heterocycles. The highest BCUT2D eigenvalue weighted by Gasteiger charge is 2.40. The fourth-order valence-electron chi connectivity index (χ4n) is 3.74. The van der Waals surface area contributed by atoms with Crippen molar-refractivity contribution in [3.8, 4) is 0 Å². The summed E-state index contributed by atoms with van der Waals surface area (Å²) in [5, 5.41) is 7.36. The van der Waals surface area contributed by atoms with Gasteiger partial charge in [-0.2, -0.15) is 16.9 Å². The minimum atomic E-state index is 0.0169. The summed E-state index contributed by atoms with van der Waals surface area (Å²) < 4.78 is 1.75. The highest BCUT2D eigenvalue weighted by molar-refractivity contribution is 7.99. The van der Waals surface area contributed by atoms with Crippen molar-refractivity contribution in [3.63, 3.8) is 0 Å². The molecule has 6 heteroatoms. The standard InChI is InChI=1S/C16H26N4OS/c1-13-14(11-18-19(13)2)15(21)17-12-16(5-3-4-6-16)20-7-9-22-10-8-20/h11H,3-10,12H2,1-2H3,(H,17,21). The van der Waals surface area contributed by atoms with Gasteiger partial charge in [0.25, 0.3) is 5.91 Å². The Labute approximate surface area is 136 Å². The maximum absolute atomic E-state index is 12.5. The van der Waals surface area contributed by atoms with Crippen LogP contribution in [0.15, 0.2) is 6.20 Å². The smallest absolute Gasteiger partial charge is 0.254 e. The molecular formula is C16H26N4OS. The second-order valence-electron chi connectivity index (χ2n) is 6.48. The fraction of sp³-hybridized carbons (Fsp3) is 0.750. The number of thioether (sulfide) groups is 1. The summed E-state index contributed by atoms with van der Waals surface area (Å²) >= 11 is 2.04. The number of nitrogens with zero attached hydrogens (tertiary/aromatic N) is 3. The van der Waals surface area contributed by atoms with E-state index < -0.39 is 0 Å². The van der Waals surface area contributed by atoms with Crippen molar-refractivity contribution < 1.29 is 4.79 Å². The van der Waals surface area contributed by atoms with Crippen molar-refractivity contribution >= 4 is 17.7 Å². The lowest BCUT2D eigenvalue weighted by Crippen LogP contribution is -2.56. The Kier molecular flexibility index (Phi) is 4.78. The molecule has 1 aromatic rings. The minimum Gasteiger partial charge on any atom is -0.350 e. The van der Waals surface area contributed by atoms with Gasteiger partial charge in [0.1, 0.15) is 0 Å². The van der Waals surface area contributed by atoms with Crippen LogP contribution in [0.1, 0.15) is 41.7 Å². The van der Waals surface area contributed by atoms with E-state index in [2.05, 4.69) is 15.3 Å². The second-order valence-corrected chi connectivity index (χ2v) is 7.71. The molecule has 5 nitrogen and oxygen atoms in total. The molecule has 0 aromatic carbocycles. The van der Waals surface area contributed by atoms with Crippen LogP contribution in [0.3, 0.4) is 0 Å². The van der Waals surface area contributed by atoms with E-state index in [1.807, 2.05) is 25.7 Å². The Morgan fingerprint density at radius 3 is 2.64 bits per heavy atom. The monoisotopic (exact) mass is 322 g/mol. The number of carbonyl (C=O) groups excluding carboxylic acids is 1. The number of aryl methyl sites for hydroxylation is 1. The molecule has 2 fully saturated rings. The van der Waals surface area contributed by atoms with Crippen LogP contribution in [-0.4, -0.2) is 57.3 Å². The van der Waals surface area contributed by atoms with Crippen molar-refractivity contribution in [2.75, 3.05) is 31.1 Å². The number of nitrogens with one attached hydrogen (secondary N) is 1. The number of rotatable bonds is 4. The van der Waals surface area contributed by atoms with Crippen molar-refractivity contribution in [2.45, 2.75) is 38.1 Å². The maximum atomic E-state index is 12.5.